The molecule has 0 amide bonds. The van der Waals surface area contributed by atoms with Crippen LogP contribution in [0.1, 0.15) is 26.7 Å². The first-order valence-electron chi connectivity index (χ1n) is 9.77. The van der Waals surface area contributed by atoms with Gasteiger partial charge in [-0.25, -0.2) is 0 Å². The van der Waals surface area contributed by atoms with Gasteiger partial charge >= 0.3 is 0 Å². The first-order valence-corrected chi connectivity index (χ1v) is 9.77. The van der Waals surface area contributed by atoms with Crippen molar-refractivity contribution in [3.63, 3.8) is 0 Å². The van der Waals surface area contributed by atoms with Crippen LogP contribution in [0, 0.1) is 34.8 Å². The molecule has 0 N–H and O–H groups in total. The van der Waals surface area contributed by atoms with Crippen LogP contribution in [0.3, 0.4) is 0 Å². The largest absolute Gasteiger partial charge is 0.594 e. The van der Waals surface area contributed by atoms with Crippen LogP contribution in [-0.2, 0) is 9.68 Å². The summed E-state index contributed by atoms with van der Waals surface area (Å²) in [5.74, 6) is 1.87. The Labute approximate surface area is 152 Å². The van der Waals surface area contributed by atoms with E-state index < -0.39 is 0 Å². The fourth-order valence-electron chi connectivity index (χ4n) is 5.79. The van der Waals surface area contributed by atoms with Gasteiger partial charge in [-0.2, -0.15) is 0 Å². The molecule has 6 unspecified atom stereocenters. The number of nitrogens with zero attached hydrogens (tertiary/aromatic N) is 4. The van der Waals surface area contributed by atoms with Gasteiger partial charge in [0.25, 0.3) is 0 Å². The van der Waals surface area contributed by atoms with Gasteiger partial charge < -0.3 is 5.21 Å². The lowest BCUT2D eigenvalue weighted by Crippen LogP contribution is -2.40. The van der Waals surface area contributed by atoms with Crippen LogP contribution in [0.15, 0.2) is 28.7 Å². The fraction of sp³-hybridized carbons (Fsp3) is 0.684. The SMILES string of the molecule is CC(C)C1=[N+]2CC3C([N+]([O-])=NC4=CC5C[N+]6=CC5C(C4)O6)=CCC(O2)C13. The molecule has 4 aliphatic heterocycles. The molecular formula is C19H24N4O3+2. The molecule has 6 atom stereocenters. The summed E-state index contributed by atoms with van der Waals surface area (Å²) in [6.45, 7) is 6.07. The van der Waals surface area contributed by atoms with E-state index in [2.05, 4.69) is 31.3 Å². The summed E-state index contributed by atoms with van der Waals surface area (Å²) >= 11 is 0. The number of hydrogen-bond acceptors (Lipinski definition) is 4. The molecule has 0 fully saturated rings. The lowest BCUT2D eigenvalue weighted by atomic mass is 9.76. The van der Waals surface area contributed by atoms with Crippen LogP contribution < -0.4 is 0 Å². The standard InChI is InChI=1S/C19H24N4O3/c1-10(2)19-18-14-9-22(19)26-16(18)4-3-15(14)23(24)20-12-5-11-7-21-8-13(11)17(6-12)25-21/h3,5,8,10-11,13-14,16-18H,4,6-7,9H2,1-2H3/q+2. The average molecular weight is 356 g/mol. The van der Waals surface area contributed by atoms with E-state index in [1.54, 1.807) is 0 Å². The highest BCUT2D eigenvalue weighted by Gasteiger charge is 2.62. The van der Waals surface area contributed by atoms with E-state index in [1.165, 1.54) is 5.71 Å². The Morgan fingerprint density at radius 3 is 2.88 bits per heavy atom. The lowest BCUT2D eigenvalue weighted by Gasteiger charge is -2.27. The van der Waals surface area contributed by atoms with Crippen LogP contribution in [-0.4, -0.2) is 51.6 Å². The molecule has 4 heterocycles. The van der Waals surface area contributed by atoms with E-state index in [4.69, 9.17) is 9.68 Å². The highest BCUT2D eigenvalue weighted by Crippen LogP contribution is 2.45. The molecule has 0 spiro atoms. The average Bonchev–Trinajstić information content (AvgIpc) is 3.31. The first kappa shape index (κ1) is 14.9. The maximum absolute atomic E-state index is 12.9. The molecular weight excluding hydrogens is 332 g/mol. The minimum atomic E-state index is 0.151. The fourth-order valence-corrected chi connectivity index (χ4v) is 5.79. The van der Waals surface area contributed by atoms with Gasteiger partial charge in [0.05, 0.1) is 11.8 Å². The van der Waals surface area contributed by atoms with Crippen molar-refractivity contribution in [3.05, 3.63) is 28.8 Å². The molecule has 4 bridgehead atoms. The minimum absolute atomic E-state index is 0.151. The van der Waals surface area contributed by atoms with Gasteiger partial charge in [-0.05, 0) is 21.6 Å². The third-order valence-electron chi connectivity index (χ3n) is 6.80. The highest BCUT2D eigenvalue weighted by molar-refractivity contribution is 5.87. The summed E-state index contributed by atoms with van der Waals surface area (Å²) in [5, 5.41) is 17.4. The van der Waals surface area contributed by atoms with Crippen molar-refractivity contribution >= 4 is 11.9 Å². The monoisotopic (exact) mass is 356 g/mol. The molecule has 0 aromatic rings. The maximum Gasteiger partial charge on any atom is 0.228 e. The summed E-state index contributed by atoms with van der Waals surface area (Å²) in [5.41, 5.74) is 3.03. The first-order chi connectivity index (χ1) is 12.6. The van der Waals surface area contributed by atoms with Gasteiger partial charge in [-0.3, -0.25) is 9.68 Å². The summed E-state index contributed by atoms with van der Waals surface area (Å²) < 4.78 is 3.99. The summed E-state index contributed by atoms with van der Waals surface area (Å²) in [6.07, 6.45) is 8.25. The van der Waals surface area contributed by atoms with Gasteiger partial charge in [0.15, 0.2) is 18.8 Å². The van der Waals surface area contributed by atoms with Crippen LogP contribution in [0.4, 0.5) is 0 Å². The Morgan fingerprint density at radius 1 is 1.27 bits per heavy atom. The molecule has 6 aliphatic rings. The summed E-state index contributed by atoms with van der Waals surface area (Å²) in [7, 11) is 0. The zero-order chi connectivity index (χ0) is 17.6. The maximum atomic E-state index is 12.9. The summed E-state index contributed by atoms with van der Waals surface area (Å²) in [4.78, 5) is 12.7. The normalized spacial score (nSPS) is 42.0. The molecule has 0 aromatic heterocycles. The van der Waals surface area contributed by atoms with E-state index in [-0.39, 0.29) is 18.1 Å². The van der Waals surface area contributed by atoms with Crippen molar-refractivity contribution in [3.8, 4) is 0 Å². The minimum Gasteiger partial charge on any atom is -0.594 e. The Kier molecular flexibility index (Phi) is 2.85. The Hall–Kier alpha value is -2.18. The Bertz CT molecular complexity index is 853. The van der Waals surface area contributed by atoms with Crippen molar-refractivity contribution in [1.29, 1.82) is 0 Å². The van der Waals surface area contributed by atoms with E-state index in [9.17, 15) is 5.21 Å². The predicted octanol–water partition coefficient (Wildman–Crippen LogP) is 1.84. The quantitative estimate of drug-likeness (QED) is 0.440. The van der Waals surface area contributed by atoms with E-state index >= 15 is 0 Å². The third-order valence-corrected chi connectivity index (χ3v) is 6.80. The van der Waals surface area contributed by atoms with Crippen molar-refractivity contribution in [2.75, 3.05) is 13.1 Å². The smallest absolute Gasteiger partial charge is 0.228 e. The van der Waals surface area contributed by atoms with Gasteiger partial charge in [0.1, 0.15) is 17.5 Å². The van der Waals surface area contributed by atoms with E-state index in [0.29, 0.717) is 23.7 Å². The van der Waals surface area contributed by atoms with Crippen molar-refractivity contribution in [2.24, 2.45) is 34.7 Å². The van der Waals surface area contributed by atoms with Gasteiger partial charge in [0.2, 0.25) is 24.2 Å². The topological polar surface area (TPSA) is 62.9 Å². The molecule has 0 saturated heterocycles. The van der Waals surface area contributed by atoms with Crippen molar-refractivity contribution in [2.45, 2.75) is 38.9 Å². The molecule has 6 rings (SSSR count). The number of rotatable bonds is 3. The van der Waals surface area contributed by atoms with Crippen LogP contribution in [0.5, 0.6) is 0 Å². The second-order valence-electron chi connectivity index (χ2n) is 8.65. The van der Waals surface area contributed by atoms with E-state index in [1.807, 2.05) is 15.6 Å². The second kappa shape index (κ2) is 4.96. The van der Waals surface area contributed by atoms with E-state index in [0.717, 1.165) is 42.2 Å². The zero-order valence-corrected chi connectivity index (χ0v) is 15.1. The molecule has 0 radical (unpaired) electrons. The number of hydroxylamine groups is 3. The van der Waals surface area contributed by atoms with Crippen molar-refractivity contribution < 1.29 is 24.0 Å². The molecule has 7 heteroatoms. The highest BCUT2D eigenvalue weighted by atomic mass is 16.7. The molecule has 7 nitrogen and oxygen atoms in total. The number of azo groups is 1. The molecule has 0 saturated carbocycles. The van der Waals surface area contributed by atoms with Gasteiger partial charge in [-0.1, -0.05) is 18.7 Å². The number of hydrogen-bond donors (Lipinski definition) is 0. The third kappa shape index (κ3) is 1.89. The predicted molar refractivity (Wildman–Crippen MR) is 91.3 cm³/mol. The van der Waals surface area contributed by atoms with Gasteiger partial charge in [-0.15, -0.1) is 0 Å². The molecule has 2 aliphatic carbocycles. The van der Waals surface area contributed by atoms with Gasteiger partial charge in [0, 0.05) is 23.9 Å². The van der Waals surface area contributed by atoms with Crippen LogP contribution >= 0.6 is 0 Å². The lowest BCUT2D eigenvalue weighted by molar-refractivity contribution is -0.796. The zero-order valence-electron chi connectivity index (χ0n) is 15.1. The molecule has 136 valence electrons. The van der Waals surface area contributed by atoms with Crippen molar-refractivity contribution in [1.82, 2.24) is 0 Å². The Morgan fingerprint density at radius 2 is 2.15 bits per heavy atom. The Balaban J connectivity index is 1.28. The molecule has 26 heavy (non-hydrogen) atoms. The molecule has 0 aromatic carbocycles. The van der Waals surface area contributed by atoms with Crippen LogP contribution in [0.2, 0.25) is 0 Å². The van der Waals surface area contributed by atoms with Crippen LogP contribution in [0.25, 0.3) is 0 Å². The second-order valence-corrected chi connectivity index (χ2v) is 8.65. The summed E-state index contributed by atoms with van der Waals surface area (Å²) in [6, 6.07) is 0.